The van der Waals surface area contributed by atoms with Crippen LogP contribution in [0.1, 0.15) is 13.8 Å². The number of imidazole rings is 1. The van der Waals surface area contributed by atoms with Gasteiger partial charge in [0, 0.05) is 0 Å². The van der Waals surface area contributed by atoms with Crippen LogP contribution >= 0.6 is 0 Å². The number of nitrogens with two attached hydrogens (primary N) is 1. The maximum Gasteiger partial charge on any atom is 0.414 e. The van der Waals surface area contributed by atoms with E-state index in [2.05, 4.69) is 10.3 Å². The lowest BCUT2D eigenvalue weighted by molar-refractivity contribution is 0.129. The van der Waals surface area contributed by atoms with Crippen molar-refractivity contribution in [2.45, 2.75) is 20.0 Å². The molecule has 2 amide bonds. The predicted molar refractivity (Wildman–Crippen MR) is 70.0 cm³/mol. The lowest BCUT2D eigenvalue weighted by Gasteiger charge is -2.09. The van der Waals surface area contributed by atoms with Gasteiger partial charge in [0.25, 0.3) is 0 Å². The minimum atomic E-state index is -0.728. The zero-order valence-electron chi connectivity index (χ0n) is 10.6. The van der Waals surface area contributed by atoms with Gasteiger partial charge in [-0.1, -0.05) is 12.1 Å². The molecule has 0 atom stereocenters. The van der Waals surface area contributed by atoms with Gasteiger partial charge in [-0.2, -0.15) is 0 Å². The number of rotatable bonds is 2. The molecule has 3 N–H and O–H groups in total. The molecule has 0 bridgehead atoms. The Balaban J connectivity index is 2.39. The molecule has 1 aromatic heterocycles. The van der Waals surface area contributed by atoms with E-state index in [1.54, 1.807) is 38.1 Å². The first-order valence-corrected chi connectivity index (χ1v) is 5.74. The molecule has 0 saturated heterocycles. The fourth-order valence-electron chi connectivity index (χ4n) is 1.67. The van der Waals surface area contributed by atoms with Crippen LogP contribution in [-0.4, -0.2) is 27.8 Å². The highest BCUT2D eigenvalue weighted by Crippen LogP contribution is 2.18. The van der Waals surface area contributed by atoms with Gasteiger partial charge >= 0.3 is 12.1 Å². The lowest BCUT2D eigenvalue weighted by atomic mass is 10.3. The number of anilines is 1. The van der Waals surface area contributed by atoms with Crippen LogP contribution in [0.25, 0.3) is 11.0 Å². The van der Waals surface area contributed by atoms with Crippen LogP contribution in [-0.2, 0) is 4.74 Å². The highest BCUT2D eigenvalue weighted by atomic mass is 16.6. The number of carbonyl (C=O) groups is 2. The molecule has 0 radical (unpaired) electrons. The number of carbonyl (C=O) groups excluding carboxylic acids is 2. The first-order chi connectivity index (χ1) is 8.99. The largest absolute Gasteiger partial charge is 0.447 e. The van der Waals surface area contributed by atoms with Gasteiger partial charge in [0.2, 0.25) is 5.95 Å². The molecule has 0 unspecified atom stereocenters. The Morgan fingerprint density at radius 1 is 1.37 bits per heavy atom. The maximum absolute atomic E-state index is 11.5. The van der Waals surface area contributed by atoms with Gasteiger partial charge in [0.1, 0.15) is 0 Å². The number of nitrogens with one attached hydrogen (secondary N) is 1. The minimum Gasteiger partial charge on any atom is -0.447 e. The van der Waals surface area contributed by atoms with Gasteiger partial charge in [-0.3, -0.25) is 5.32 Å². The molecule has 100 valence electrons. The molecule has 1 aromatic carbocycles. The molecule has 7 nitrogen and oxygen atoms in total. The third kappa shape index (κ3) is 2.65. The van der Waals surface area contributed by atoms with Crippen molar-refractivity contribution in [1.29, 1.82) is 0 Å². The molecular weight excluding hydrogens is 248 g/mol. The summed E-state index contributed by atoms with van der Waals surface area (Å²) in [6.07, 6.45) is -0.959. The maximum atomic E-state index is 11.5. The van der Waals surface area contributed by atoms with Gasteiger partial charge in [-0.25, -0.2) is 19.1 Å². The summed E-state index contributed by atoms with van der Waals surface area (Å²) in [4.78, 5) is 27.1. The molecule has 0 spiro atoms. The summed E-state index contributed by atoms with van der Waals surface area (Å²) in [5.74, 6) is 0.0411. The van der Waals surface area contributed by atoms with Gasteiger partial charge in [-0.05, 0) is 26.0 Å². The summed E-state index contributed by atoms with van der Waals surface area (Å²) >= 11 is 0. The van der Waals surface area contributed by atoms with Crippen molar-refractivity contribution in [1.82, 2.24) is 9.55 Å². The molecule has 0 saturated carbocycles. The van der Waals surface area contributed by atoms with Crippen LogP contribution < -0.4 is 11.1 Å². The fraction of sp³-hybridized carbons (Fsp3) is 0.250. The summed E-state index contributed by atoms with van der Waals surface area (Å²) in [7, 11) is 0. The lowest BCUT2D eigenvalue weighted by Crippen LogP contribution is -2.25. The Morgan fingerprint density at radius 3 is 2.68 bits per heavy atom. The first kappa shape index (κ1) is 12.9. The zero-order valence-corrected chi connectivity index (χ0v) is 10.6. The molecule has 1 heterocycles. The van der Waals surface area contributed by atoms with E-state index in [9.17, 15) is 9.59 Å². The number of amides is 2. The monoisotopic (exact) mass is 262 g/mol. The number of aromatic nitrogens is 2. The minimum absolute atomic E-state index is 0.0411. The highest BCUT2D eigenvalue weighted by molar-refractivity contribution is 5.95. The summed E-state index contributed by atoms with van der Waals surface area (Å²) in [6.45, 7) is 3.44. The molecule has 0 aliphatic heterocycles. The Bertz CT molecular complexity index is 633. The van der Waals surface area contributed by atoms with Crippen molar-refractivity contribution in [3.05, 3.63) is 24.3 Å². The van der Waals surface area contributed by atoms with E-state index >= 15 is 0 Å². The van der Waals surface area contributed by atoms with E-state index in [1.165, 1.54) is 0 Å². The van der Waals surface area contributed by atoms with Crippen LogP contribution in [0.15, 0.2) is 24.3 Å². The number of fused-ring (bicyclic) bond motifs is 1. The van der Waals surface area contributed by atoms with Gasteiger partial charge in [0.05, 0.1) is 17.1 Å². The van der Waals surface area contributed by atoms with Crippen LogP contribution in [0, 0.1) is 0 Å². The number of benzene rings is 1. The number of ether oxygens (including phenoxy) is 1. The average Bonchev–Trinajstić information content (AvgIpc) is 2.64. The second kappa shape index (κ2) is 4.97. The second-order valence-electron chi connectivity index (χ2n) is 4.18. The van der Waals surface area contributed by atoms with Crippen LogP contribution in [0.5, 0.6) is 0 Å². The predicted octanol–water partition coefficient (Wildman–Crippen LogP) is 1.92. The zero-order chi connectivity index (χ0) is 14.0. The highest BCUT2D eigenvalue weighted by Gasteiger charge is 2.17. The van der Waals surface area contributed by atoms with Crippen molar-refractivity contribution in [2.75, 3.05) is 5.32 Å². The van der Waals surface area contributed by atoms with E-state index < -0.39 is 12.1 Å². The third-order valence-corrected chi connectivity index (χ3v) is 2.34. The smallest absolute Gasteiger partial charge is 0.414 e. The molecule has 2 rings (SSSR count). The van der Waals surface area contributed by atoms with Crippen molar-refractivity contribution in [2.24, 2.45) is 5.73 Å². The van der Waals surface area contributed by atoms with Crippen molar-refractivity contribution < 1.29 is 14.3 Å². The summed E-state index contributed by atoms with van der Waals surface area (Å²) in [5, 5.41) is 2.40. The topological polar surface area (TPSA) is 99.2 Å². The second-order valence-corrected chi connectivity index (χ2v) is 4.18. The Hall–Kier alpha value is -2.57. The van der Waals surface area contributed by atoms with E-state index in [-0.39, 0.29) is 12.1 Å². The Kier molecular flexibility index (Phi) is 3.37. The van der Waals surface area contributed by atoms with Crippen molar-refractivity contribution >= 4 is 29.1 Å². The average molecular weight is 262 g/mol. The number of primary amides is 1. The number of hydrogen-bond acceptors (Lipinski definition) is 4. The quantitative estimate of drug-likeness (QED) is 0.863. The van der Waals surface area contributed by atoms with Crippen LogP contribution in [0.2, 0.25) is 0 Å². The molecule has 7 heteroatoms. The molecule has 0 fully saturated rings. The van der Waals surface area contributed by atoms with Gasteiger partial charge in [-0.15, -0.1) is 0 Å². The normalized spacial score (nSPS) is 10.7. The third-order valence-electron chi connectivity index (χ3n) is 2.34. The molecule has 0 aliphatic carbocycles. The number of nitrogens with zero attached hydrogens (tertiary/aromatic N) is 2. The van der Waals surface area contributed by atoms with E-state index in [4.69, 9.17) is 10.5 Å². The Morgan fingerprint density at radius 2 is 2.05 bits per heavy atom. The Labute approximate surface area is 109 Å². The summed E-state index contributed by atoms with van der Waals surface area (Å²) in [6, 6.07) is 6.20. The van der Waals surface area contributed by atoms with Gasteiger partial charge in [0.15, 0.2) is 0 Å². The number of hydrogen-bond donors (Lipinski definition) is 2. The summed E-state index contributed by atoms with van der Waals surface area (Å²) < 4.78 is 6.05. The molecular formula is C12H14N4O3. The van der Waals surface area contributed by atoms with E-state index in [0.29, 0.717) is 11.0 Å². The van der Waals surface area contributed by atoms with Crippen LogP contribution in [0.3, 0.4) is 0 Å². The fourth-order valence-corrected chi connectivity index (χ4v) is 1.67. The SMILES string of the molecule is CC(C)OC(=O)Nc1nc2ccccc2n1C(N)=O. The van der Waals surface area contributed by atoms with Gasteiger partial charge < -0.3 is 10.5 Å². The number of para-hydroxylation sites is 2. The van der Waals surface area contributed by atoms with Crippen molar-refractivity contribution in [3.8, 4) is 0 Å². The first-order valence-electron chi connectivity index (χ1n) is 5.74. The molecule has 2 aromatic rings. The van der Waals surface area contributed by atoms with E-state index in [1.807, 2.05) is 0 Å². The van der Waals surface area contributed by atoms with E-state index in [0.717, 1.165) is 4.57 Å². The molecule has 19 heavy (non-hydrogen) atoms. The van der Waals surface area contributed by atoms with Crippen molar-refractivity contribution in [3.63, 3.8) is 0 Å². The standard InChI is InChI=1S/C12H14N4O3/c1-7(2)19-12(18)15-11-14-8-5-3-4-6-9(8)16(11)10(13)17/h3-7H,1-2H3,(H2,13,17)(H,14,15,18). The molecule has 0 aliphatic rings. The summed E-state index contributed by atoms with van der Waals surface area (Å²) in [5.41, 5.74) is 6.37. The van der Waals surface area contributed by atoms with Crippen LogP contribution in [0.4, 0.5) is 15.5 Å².